The third-order valence-electron chi connectivity index (χ3n) is 5.49. The van der Waals surface area contributed by atoms with Crippen LogP contribution in [0.3, 0.4) is 0 Å². The topological polar surface area (TPSA) is 58.4 Å². The van der Waals surface area contributed by atoms with Gasteiger partial charge in [0.2, 0.25) is 5.91 Å². The van der Waals surface area contributed by atoms with E-state index in [9.17, 15) is 14.0 Å². The molecule has 2 heterocycles. The average molecular weight is 420 g/mol. The van der Waals surface area contributed by atoms with Crippen LogP contribution in [-0.2, 0) is 11.3 Å². The highest BCUT2D eigenvalue weighted by Crippen LogP contribution is 2.17. The lowest BCUT2D eigenvalue weighted by Crippen LogP contribution is -2.35. The van der Waals surface area contributed by atoms with Crippen molar-refractivity contribution >= 4 is 11.8 Å². The van der Waals surface area contributed by atoms with Gasteiger partial charge in [-0.3, -0.25) is 9.59 Å². The number of carbonyl (C=O) groups is 2. The number of halogens is 1. The van der Waals surface area contributed by atoms with E-state index in [0.29, 0.717) is 31.7 Å². The molecule has 0 aliphatic carbocycles. The Morgan fingerprint density at radius 3 is 2.58 bits per heavy atom. The second-order valence-electron chi connectivity index (χ2n) is 7.88. The first-order chi connectivity index (χ1) is 14.9. The molecule has 0 spiro atoms. The van der Waals surface area contributed by atoms with E-state index in [1.165, 1.54) is 12.1 Å². The Kier molecular flexibility index (Phi) is 5.84. The number of aromatic nitrogens is 2. The van der Waals surface area contributed by atoms with Gasteiger partial charge in [-0.25, -0.2) is 9.07 Å². The van der Waals surface area contributed by atoms with Crippen molar-refractivity contribution in [3.05, 3.63) is 82.9 Å². The predicted octanol–water partition coefficient (Wildman–Crippen LogP) is 3.50. The number of hydrogen-bond donors (Lipinski definition) is 0. The van der Waals surface area contributed by atoms with Crippen molar-refractivity contribution in [1.29, 1.82) is 0 Å². The molecule has 0 unspecified atom stereocenters. The van der Waals surface area contributed by atoms with Gasteiger partial charge in [-0.05, 0) is 55.8 Å². The van der Waals surface area contributed by atoms with Crippen LogP contribution in [0.15, 0.2) is 54.6 Å². The summed E-state index contributed by atoms with van der Waals surface area (Å²) in [4.78, 5) is 29.1. The standard InChI is InChI=1S/C24H25FN4O2/c1-17-13-18(2)29(26-17)22-8-4-6-20(15-22)24(31)27-10-9-23(30)28(12-11-27)16-19-5-3-7-21(25)14-19/h3-8,13-15H,9-12,16H2,1-2H3. The van der Waals surface area contributed by atoms with Gasteiger partial charge in [0.15, 0.2) is 0 Å². The van der Waals surface area contributed by atoms with Crippen LogP contribution in [-0.4, -0.2) is 51.0 Å². The fourth-order valence-corrected chi connectivity index (χ4v) is 3.94. The number of benzene rings is 2. The highest BCUT2D eigenvalue weighted by Gasteiger charge is 2.25. The molecule has 0 N–H and O–H groups in total. The molecule has 1 fully saturated rings. The summed E-state index contributed by atoms with van der Waals surface area (Å²) < 4.78 is 15.3. The third-order valence-corrected chi connectivity index (χ3v) is 5.49. The largest absolute Gasteiger partial charge is 0.337 e. The second-order valence-corrected chi connectivity index (χ2v) is 7.88. The maximum atomic E-state index is 13.5. The molecule has 0 bridgehead atoms. The summed E-state index contributed by atoms with van der Waals surface area (Å²) in [6, 6.07) is 15.6. The SMILES string of the molecule is Cc1cc(C)n(-c2cccc(C(=O)N3CCC(=O)N(Cc4cccc(F)c4)CC3)c2)n1. The summed E-state index contributed by atoms with van der Waals surface area (Å²) in [7, 11) is 0. The number of amides is 2. The minimum Gasteiger partial charge on any atom is -0.337 e. The number of aryl methyl sites for hydroxylation is 2. The van der Waals surface area contributed by atoms with Crippen molar-refractivity contribution in [2.45, 2.75) is 26.8 Å². The van der Waals surface area contributed by atoms with Gasteiger partial charge in [0.1, 0.15) is 5.82 Å². The fourth-order valence-electron chi connectivity index (χ4n) is 3.94. The Balaban J connectivity index is 1.48. The molecule has 160 valence electrons. The number of nitrogens with zero attached hydrogens (tertiary/aromatic N) is 4. The quantitative estimate of drug-likeness (QED) is 0.649. The van der Waals surface area contributed by atoms with Crippen LogP contribution in [0.5, 0.6) is 0 Å². The van der Waals surface area contributed by atoms with Crippen molar-refractivity contribution in [2.75, 3.05) is 19.6 Å². The van der Waals surface area contributed by atoms with Gasteiger partial charge in [-0.1, -0.05) is 18.2 Å². The molecule has 1 aliphatic rings. The first kappa shape index (κ1) is 20.8. The molecule has 4 rings (SSSR count). The summed E-state index contributed by atoms with van der Waals surface area (Å²) in [6.07, 6.45) is 0.248. The average Bonchev–Trinajstić information content (AvgIpc) is 2.99. The number of rotatable bonds is 4. The Bertz CT molecular complexity index is 1120. The van der Waals surface area contributed by atoms with Gasteiger partial charge in [0, 0.05) is 43.9 Å². The summed E-state index contributed by atoms with van der Waals surface area (Å²) >= 11 is 0. The van der Waals surface area contributed by atoms with Crippen LogP contribution in [0, 0.1) is 19.7 Å². The molecular formula is C24H25FN4O2. The van der Waals surface area contributed by atoms with E-state index in [4.69, 9.17) is 0 Å². The molecule has 0 radical (unpaired) electrons. The van der Waals surface area contributed by atoms with E-state index in [2.05, 4.69) is 5.10 Å². The first-order valence-electron chi connectivity index (χ1n) is 10.4. The zero-order chi connectivity index (χ0) is 22.0. The minimum absolute atomic E-state index is 0.0315. The van der Waals surface area contributed by atoms with E-state index in [-0.39, 0.29) is 24.1 Å². The number of hydrogen-bond acceptors (Lipinski definition) is 3. The van der Waals surface area contributed by atoms with Crippen LogP contribution in [0.25, 0.3) is 5.69 Å². The van der Waals surface area contributed by atoms with Gasteiger partial charge < -0.3 is 9.80 Å². The van der Waals surface area contributed by atoms with Crippen LogP contribution in [0.1, 0.15) is 33.7 Å². The fraction of sp³-hybridized carbons (Fsp3) is 0.292. The monoisotopic (exact) mass is 420 g/mol. The van der Waals surface area contributed by atoms with E-state index < -0.39 is 0 Å². The minimum atomic E-state index is -0.320. The smallest absolute Gasteiger partial charge is 0.254 e. The molecule has 3 aromatic rings. The summed E-state index contributed by atoms with van der Waals surface area (Å²) in [5.41, 5.74) is 4.05. The molecule has 1 aliphatic heterocycles. The highest BCUT2D eigenvalue weighted by atomic mass is 19.1. The van der Waals surface area contributed by atoms with E-state index in [1.54, 1.807) is 28.0 Å². The zero-order valence-corrected chi connectivity index (χ0v) is 17.7. The Labute approximate surface area is 180 Å². The molecule has 7 heteroatoms. The maximum absolute atomic E-state index is 13.5. The highest BCUT2D eigenvalue weighted by molar-refractivity contribution is 5.95. The number of carbonyl (C=O) groups excluding carboxylic acids is 2. The zero-order valence-electron chi connectivity index (χ0n) is 17.7. The Morgan fingerprint density at radius 2 is 1.84 bits per heavy atom. The van der Waals surface area contributed by atoms with Gasteiger partial charge in [-0.15, -0.1) is 0 Å². The molecule has 31 heavy (non-hydrogen) atoms. The summed E-state index contributed by atoms with van der Waals surface area (Å²) in [5, 5.41) is 4.49. The normalized spacial score (nSPS) is 14.6. The van der Waals surface area contributed by atoms with Crippen LogP contribution in [0.2, 0.25) is 0 Å². The van der Waals surface area contributed by atoms with E-state index in [1.807, 2.05) is 42.8 Å². The van der Waals surface area contributed by atoms with Crippen molar-refractivity contribution < 1.29 is 14.0 Å². The second kappa shape index (κ2) is 8.71. The van der Waals surface area contributed by atoms with Gasteiger partial charge >= 0.3 is 0 Å². The molecule has 0 atom stereocenters. The van der Waals surface area contributed by atoms with Crippen molar-refractivity contribution in [3.63, 3.8) is 0 Å². The molecule has 1 aromatic heterocycles. The summed E-state index contributed by atoms with van der Waals surface area (Å²) in [5.74, 6) is -0.459. The van der Waals surface area contributed by atoms with Gasteiger partial charge in [0.25, 0.3) is 5.91 Å². The van der Waals surface area contributed by atoms with Crippen LogP contribution in [0.4, 0.5) is 4.39 Å². The van der Waals surface area contributed by atoms with E-state index in [0.717, 1.165) is 22.6 Å². The van der Waals surface area contributed by atoms with Crippen LogP contribution >= 0.6 is 0 Å². The van der Waals surface area contributed by atoms with Crippen molar-refractivity contribution in [2.24, 2.45) is 0 Å². The third kappa shape index (κ3) is 4.66. The van der Waals surface area contributed by atoms with Crippen molar-refractivity contribution in [1.82, 2.24) is 19.6 Å². The first-order valence-corrected chi connectivity index (χ1v) is 10.4. The lowest BCUT2D eigenvalue weighted by Gasteiger charge is -2.22. The van der Waals surface area contributed by atoms with Crippen molar-refractivity contribution in [3.8, 4) is 5.69 Å². The molecule has 0 saturated carbocycles. The van der Waals surface area contributed by atoms with Gasteiger partial charge in [0.05, 0.1) is 11.4 Å². The predicted molar refractivity (Wildman–Crippen MR) is 115 cm³/mol. The van der Waals surface area contributed by atoms with Gasteiger partial charge in [-0.2, -0.15) is 5.10 Å². The molecular weight excluding hydrogens is 395 g/mol. The molecule has 1 saturated heterocycles. The molecule has 2 amide bonds. The Morgan fingerprint density at radius 1 is 1.03 bits per heavy atom. The summed E-state index contributed by atoms with van der Waals surface area (Å²) in [6.45, 7) is 5.46. The maximum Gasteiger partial charge on any atom is 0.254 e. The lowest BCUT2D eigenvalue weighted by atomic mass is 10.1. The van der Waals surface area contributed by atoms with Crippen LogP contribution < -0.4 is 0 Å². The lowest BCUT2D eigenvalue weighted by molar-refractivity contribution is -0.130. The van der Waals surface area contributed by atoms with E-state index >= 15 is 0 Å². The molecule has 2 aromatic carbocycles. The Hall–Kier alpha value is -3.48. The molecule has 6 nitrogen and oxygen atoms in total.